The first-order valence-electron chi connectivity index (χ1n) is 6.01. The fourth-order valence-electron chi connectivity index (χ4n) is 1.70. The van der Waals surface area contributed by atoms with E-state index in [2.05, 4.69) is 21.2 Å². The summed E-state index contributed by atoms with van der Waals surface area (Å²) in [5, 5.41) is 2.54. The molecule has 2 rings (SSSR count). The molecule has 0 unspecified atom stereocenters. The maximum absolute atomic E-state index is 12.1. The number of nitrogen functional groups attached to an aromatic ring is 1. The Bertz CT molecular complexity index is 761. The van der Waals surface area contributed by atoms with Crippen molar-refractivity contribution in [3.8, 4) is 0 Å². The van der Waals surface area contributed by atoms with Crippen molar-refractivity contribution in [2.75, 3.05) is 16.8 Å². The zero-order valence-electron chi connectivity index (χ0n) is 10.9. The van der Waals surface area contributed by atoms with Crippen molar-refractivity contribution in [2.45, 2.75) is 4.90 Å². The van der Waals surface area contributed by atoms with Crippen LogP contribution in [0.2, 0.25) is 0 Å². The maximum Gasteiger partial charge on any atom is 0.239 e. The van der Waals surface area contributed by atoms with Gasteiger partial charge in [0.2, 0.25) is 5.91 Å². The normalized spacial score (nSPS) is 11.1. The lowest BCUT2D eigenvalue weighted by molar-refractivity contribution is -0.113. The standard InChI is InChI=1S/C14H13BrN2O3S/c15-12-8-10(16)6-7-13(12)17-14(18)9-21(19,20)11-4-2-1-3-5-11/h1-8H,9,16H2,(H,17,18). The monoisotopic (exact) mass is 368 g/mol. The van der Waals surface area contributed by atoms with Gasteiger partial charge in [0.05, 0.1) is 10.6 Å². The van der Waals surface area contributed by atoms with E-state index in [0.717, 1.165) is 0 Å². The van der Waals surface area contributed by atoms with Crippen LogP contribution >= 0.6 is 15.9 Å². The Balaban J connectivity index is 2.12. The zero-order chi connectivity index (χ0) is 15.5. The summed E-state index contributed by atoms with van der Waals surface area (Å²) in [6, 6.07) is 12.7. The summed E-state index contributed by atoms with van der Waals surface area (Å²) in [5.41, 5.74) is 6.61. The molecule has 0 aliphatic heterocycles. The van der Waals surface area contributed by atoms with Crippen LogP contribution in [0.15, 0.2) is 57.9 Å². The minimum absolute atomic E-state index is 0.122. The molecule has 21 heavy (non-hydrogen) atoms. The van der Waals surface area contributed by atoms with E-state index in [9.17, 15) is 13.2 Å². The number of carbonyl (C=O) groups is 1. The second-order valence-electron chi connectivity index (χ2n) is 4.36. The summed E-state index contributed by atoms with van der Waals surface area (Å²) in [6.45, 7) is 0. The topological polar surface area (TPSA) is 89.3 Å². The van der Waals surface area contributed by atoms with Crippen LogP contribution in [0.5, 0.6) is 0 Å². The molecule has 0 aromatic heterocycles. The van der Waals surface area contributed by atoms with E-state index >= 15 is 0 Å². The van der Waals surface area contributed by atoms with E-state index in [0.29, 0.717) is 15.8 Å². The van der Waals surface area contributed by atoms with E-state index in [4.69, 9.17) is 5.73 Å². The molecule has 2 aromatic rings. The molecule has 1 amide bonds. The van der Waals surface area contributed by atoms with Gasteiger partial charge in [-0.1, -0.05) is 18.2 Å². The van der Waals surface area contributed by atoms with Crippen LogP contribution in [-0.2, 0) is 14.6 Å². The van der Waals surface area contributed by atoms with Gasteiger partial charge in [-0.2, -0.15) is 0 Å². The van der Waals surface area contributed by atoms with E-state index < -0.39 is 21.5 Å². The zero-order valence-corrected chi connectivity index (χ0v) is 13.3. The number of sulfone groups is 1. The Hall–Kier alpha value is -1.86. The Kier molecular flexibility index (Phi) is 4.64. The van der Waals surface area contributed by atoms with Crippen LogP contribution in [0.3, 0.4) is 0 Å². The molecule has 0 fully saturated rings. The summed E-state index contributed by atoms with van der Waals surface area (Å²) in [6.07, 6.45) is 0. The lowest BCUT2D eigenvalue weighted by Crippen LogP contribution is -2.23. The van der Waals surface area contributed by atoms with Crippen LogP contribution in [-0.4, -0.2) is 20.1 Å². The van der Waals surface area contributed by atoms with Crippen LogP contribution in [0.25, 0.3) is 0 Å². The summed E-state index contributed by atoms with van der Waals surface area (Å²) in [5.74, 6) is -1.22. The van der Waals surface area contributed by atoms with E-state index in [1.165, 1.54) is 12.1 Å². The third-order valence-corrected chi connectivity index (χ3v) is 4.98. The van der Waals surface area contributed by atoms with Crippen molar-refractivity contribution >= 4 is 43.0 Å². The largest absolute Gasteiger partial charge is 0.399 e. The first-order valence-corrected chi connectivity index (χ1v) is 8.46. The Labute approximate surface area is 131 Å². The quantitative estimate of drug-likeness (QED) is 0.811. The molecule has 0 spiro atoms. The summed E-state index contributed by atoms with van der Waals surface area (Å²) in [4.78, 5) is 12.0. The molecular formula is C14H13BrN2O3S. The van der Waals surface area contributed by atoms with Gasteiger partial charge in [-0.15, -0.1) is 0 Å². The van der Waals surface area contributed by atoms with Crippen LogP contribution in [0.4, 0.5) is 11.4 Å². The molecule has 110 valence electrons. The summed E-state index contributed by atoms with van der Waals surface area (Å²) in [7, 11) is -3.65. The van der Waals surface area contributed by atoms with E-state index in [-0.39, 0.29) is 4.90 Å². The van der Waals surface area contributed by atoms with Gasteiger partial charge in [0.25, 0.3) is 0 Å². The van der Waals surface area contributed by atoms with Gasteiger partial charge in [0.1, 0.15) is 5.75 Å². The van der Waals surface area contributed by atoms with Crippen molar-refractivity contribution in [2.24, 2.45) is 0 Å². The van der Waals surface area contributed by atoms with Crippen molar-refractivity contribution in [3.05, 3.63) is 53.0 Å². The van der Waals surface area contributed by atoms with E-state index in [1.807, 2.05) is 0 Å². The number of halogens is 1. The molecule has 3 N–H and O–H groups in total. The molecular weight excluding hydrogens is 356 g/mol. The van der Waals surface area contributed by atoms with Gasteiger partial charge in [-0.05, 0) is 46.3 Å². The highest BCUT2D eigenvalue weighted by Crippen LogP contribution is 2.24. The van der Waals surface area contributed by atoms with Crippen LogP contribution in [0.1, 0.15) is 0 Å². The number of carbonyl (C=O) groups excluding carboxylic acids is 1. The predicted molar refractivity (Wildman–Crippen MR) is 85.7 cm³/mol. The first-order chi connectivity index (χ1) is 9.88. The Morgan fingerprint density at radius 1 is 1.14 bits per heavy atom. The fourth-order valence-corrected chi connectivity index (χ4v) is 3.35. The molecule has 0 saturated heterocycles. The summed E-state index contributed by atoms with van der Waals surface area (Å²) >= 11 is 3.26. The minimum Gasteiger partial charge on any atom is -0.399 e. The number of nitrogens with two attached hydrogens (primary N) is 1. The number of amides is 1. The second-order valence-corrected chi connectivity index (χ2v) is 7.20. The van der Waals surface area contributed by atoms with Gasteiger partial charge < -0.3 is 11.1 Å². The van der Waals surface area contributed by atoms with Gasteiger partial charge in [0, 0.05) is 10.2 Å². The molecule has 0 atom stereocenters. The highest BCUT2D eigenvalue weighted by Gasteiger charge is 2.19. The molecule has 2 aromatic carbocycles. The van der Waals surface area contributed by atoms with Crippen LogP contribution in [0, 0.1) is 0 Å². The maximum atomic E-state index is 12.1. The molecule has 0 saturated carbocycles. The molecule has 7 heteroatoms. The third kappa shape index (κ3) is 4.05. The molecule has 0 radical (unpaired) electrons. The smallest absolute Gasteiger partial charge is 0.239 e. The van der Waals surface area contributed by atoms with Crippen LogP contribution < -0.4 is 11.1 Å². The summed E-state index contributed by atoms with van der Waals surface area (Å²) < 4.78 is 24.7. The first kappa shape index (κ1) is 15.5. The minimum atomic E-state index is -3.65. The van der Waals surface area contributed by atoms with Gasteiger partial charge >= 0.3 is 0 Å². The number of anilines is 2. The van der Waals surface area contributed by atoms with Crippen molar-refractivity contribution in [1.82, 2.24) is 0 Å². The average molecular weight is 369 g/mol. The van der Waals surface area contributed by atoms with E-state index in [1.54, 1.807) is 36.4 Å². The number of benzene rings is 2. The average Bonchev–Trinajstić information content (AvgIpc) is 2.42. The molecule has 0 aliphatic carbocycles. The highest BCUT2D eigenvalue weighted by molar-refractivity contribution is 9.10. The molecule has 0 bridgehead atoms. The molecule has 0 heterocycles. The predicted octanol–water partition coefficient (Wildman–Crippen LogP) is 2.44. The third-order valence-electron chi connectivity index (χ3n) is 2.69. The number of hydrogen-bond donors (Lipinski definition) is 2. The van der Waals surface area contributed by atoms with Gasteiger partial charge in [-0.25, -0.2) is 8.42 Å². The SMILES string of the molecule is Nc1ccc(NC(=O)CS(=O)(=O)c2ccccc2)c(Br)c1. The number of hydrogen-bond acceptors (Lipinski definition) is 4. The second kappa shape index (κ2) is 6.28. The Morgan fingerprint density at radius 3 is 2.43 bits per heavy atom. The number of rotatable bonds is 4. The number of nitrogens with one attached hydrogen (secondary N) is 1. The molecule has 0 aliphatic rings. The van der Waals surface area contributed by atoms with Crippen molar-refractivity contribution in [1.29, 1.82) is 0 Å². The van der Waals surface area contributed by atoms with Crippen molar-refractivity contribution in [3.63, 3.8) is 0 Å². The Morgan fingerprint density at radius 2 is 1.81 bits per heavy atom. The highest BCUT2D eigenvalue weighted by atomic mass is 79.9. The lowest BCUT2D eigenvalue weighted by atomic mass is 10.3. The fraction of sp³-hybridized carbons (Fsp3) is 0.0714. The molecule has 5 nitrogen and oxygen atoms in total. The van der Waals surface area contributed by atoms with Gasteiger partial charge in [-0.3, -0.25) is 4.79 Å². The van der Waals surface area contributed by atoms with Gasteiger partial charge in [0.15, 0.2) is 9.84 Å². The van der Waals surface area contributed by atoms with Crippen molar-refractivity contribution < 1.29 is 13.2 Å². The lowest BCUT2D eigenvalue weighted by Gasteiger charge is -2.08.